The fourth-order valence-corrected chi connectivity index (χ4v) is 8.24. The molecule has 2 aromatic heterocycles. The van der Waals surface area contributed by atoms with Gasteiger partial charge in [0.25, 0.3) is 0 Å². The highest BCUT2D eigenvalue weighted by Gasteiger charge is 2.43. The zero-order chi connectivity index (χ0) is 27.2. The van der Waals surface area contributed by atoms with Crippen LogP contribution in [0.15, 0.2) is 54.9 Å². The Hall–Kier alpha value is -3.32. The van der Waals surface area contributed by atoms with E-state index in [2.05, 4.69) is 10.1 Å². The van der Waals surface area contributed by atoms with Crippen LogP contribution in [0.3, 0.4) is 0 Å². The monoisotopic (exact) mass is 564 g/mol. The van der Waals surface area contributed by atoms with E-state index in [-0.39, 0.29) is 37.4 Å². The van der Waals surface area contributed by atoms with E-state index >= 15 is 0 Å². The van der Waals surface area contributed by atoms with Gasteiger partial charge in [0, 0.05) is 43.2 Å². The summed E-state index contributed by atoms with van der Waals surface area (Å²) < 4.78 is 68.3. The first-order valence-electron chi connectivity index (χ1n) is 11.7. The molecular formula is C25H23F3N4O4S2. The Morgan fingerprint density at radius 1 is 1.21 bits per heavy atom. The molecule has 0 aliphatic carbocycles. The van der Waals surface area contributed by atoms with Crippen LogP contribution >= 0.6 is 11.8 Å². The number of rotatable bonds is 7. The smallest absolute Gasteiger partial charge is 0.433 e. The lowest BCUT2D eigenvalue weighted by molar-refractivity contribution is -0.143. The molecule has 0 saturated carbocycles. The van der Waals surface area contributed by atoms with Gasteiger partial charge in [-0.3, -0.25) is 18.8 Å². The van der Waals surface area contributed by atoms with E-state index in [1.807, 2.05) is 12.1 Å². The van der Waals surface area contributed by atoms with Gasteiger partial charge in [-0.2, -0.15) is 18.3 Å². The van der Waals surface area contributed by atoms with Gasteiger partial charge in [-0.1, -0.05) is 18.2 Å². The molecule has 0 bridgehead atoms. The first-order chi connectivity index (χ1) is 17.9. The van der Waals surface area contributed by atoms with Crippen LogP contribution in [0.2, 0.25) is 0 Å². The number of sulfonamides is 1. The normalized spacial score (nSPS) is 19.5. The molecule has 13 heteroatoms. The molecule has 8 nitrogen and oxygen atoms in total. The molecule has 38 heavy (non-hydrogen) atoms. The number of hydrogen-bond acceptors (Lipinski definition) is 6. The Kier molecular flexibility index (Phi) is 6.76. The standard InChI is InChI=1S/C25H23F3N4O4S2/c1-31-22(25(26,27)28)12-19(30-31)21-7-9-24(37-21)38(35,36)32-14-17(5-8-23(33)34)18-11-15(4-6-20(18)32)16-3-2-10-29-13-16/h2-4,6-7,10-13,17,24H,5,8-9,14H2,1H3,(H,33,34). The Labute approximate surface area is 221 Å². The number of hydrogen-bond donors (Lipinski definition) is 1. The first kappa shape index (κ1) is 26.3. The third-order valence-electron chi connectivity index (χ3n) is 6.64. The third-order valence-corrected chi connectivity index (χ3v) is 10.6. The van der Waals surface area contributed by atoms with E-state index < -0.39 is 32.4 Å². The fraction of sp³-hybridized carbons (Fsp3) is 0.320. The Balaban J connectivity index is 1.42. The van der Waals surface area contributed by atoms with E-state index in [9.17, 15) is 31.5 Å². The summed E-state index contributed by atoms with van der Waals surface area (Å²) in [6.07, 6.45) is 0.632. The SMILES string of the molecule is Cn1nc(C2=CCC(S(=O)(=O)N3CC(CCC(=O)O)c4cc(-c5cccnc5)ccc43)S2)cc1C(F)(F)F. The number of carboxylic acid groups (broad SMARTS) is 1. The summed E-state index contributed by atoms with van der Waals surface area (Å²) in [5.41, 5.74) is 2.07. The van der Waals surface area contributed by atoms with Gasteiger partial charge < -0.3 is 5.11 Å². The van der Waals surface area contributed by atoms with E-state index in [0.29, 0.717) is 10.6 Å². The topological polar surface area (TPSA) is 105 Å². The minimum absolute atomic E-state index is 0.0739. The minimum Gasteiger partial charge on any atom is -0.481 e. The summed E-state index contributed by atoms with van der Waals surface area (Å²) in [6, 6.07) is 10.00. The number of pyridine rings is 1. The van der Waals surface area contributed by atoms with Crippen molar-refractivity contribution in [2.24, 2.45) is 7.05 Å². The van der Waals surface area contributed by atoms with Gasteiger partial charge in [-0.25, -0.2) is 8.42 Å². The lowest BCUT2D eigenvalue weighted by atomic mass is 9.93. The largest absolute Gasteiger partial charge is 0.481 e. The number of aryl methyl sites for hydroxylation is 1. The van der Waals surface area contributed by atoms with Crippen molar-refractivity contribution in [3.8, 4) is 11.1 Å². The quantitative estimate of drug-likeness (QED) is 0.426. The number of alkyl halides is 3. The maximum atomic E-state index is 13.8. The molecule has 0 radical (unpaired) electrons. The van der Waals surface area contributed by atoms with Crippen LogP contribution in [0.25, 0.3) is 16.0 Å². The molecule has 2 aliphatic rings. The molecule has 2 atom stereocenters. The molecule has 0 spiro atoms. The lowest BCUT2D eigenvalue weighted by Crippen LogP contribution is -2.36. The Morgan fingerprint density at radius 2 is 2.00 bits per heavy atom. The van der Waals surface area contributed by atoms with Crippen molar-refractivity contribution < 1.29 is 31.5 Å². The highest BCUT2D eigenvalue weighted by Crippen LogP contribution is 2.48. The predicted octanol–water partition coefficient (Wildman–Crippen LogP) is 5.10. The summed E-state index contributed by atoms with van der Waals surface area (Å²) >= 11 is 0.970. The van der Waals surface area contributed by atoms with E-state index in [4.69, 9.17) is 0 Å². The summed E-state index contributed by atoms with van der Waals surface area (Å²) in [5, 5.41) is 13.2. The average molecular weight is 565 g/mol. The highest BCUT2D eigenvalue weighted by molar-refractivity contribution is 8.19. The zero-order valence-electron chi connectivity index (χ0n) is 20.1. The van der Waals surface area contributed by atoms with Crippen LogP contribution in [0.4, 0.5) is 18.9 Å². The van der Waals surface area contributed by atoms with Crippen molar-refractivity contribution in [1.29, 1.82) is 0 Å². The molecule has 0 amide bonds. The molecule has 2 unspecified atom stereocenters. The predicted molar refractivity (Wildman–Crippen MR) is 138 cm³/mol. The van der Waals surface area contributed by atoms with Crippen molar-refractivity contribution in [2.75, 3.05) is 10.8 Å². The number of thioether (sulfide) groups is 1. The molecule has 0 saturated heterocycles. The van der Waals surface area contributed by atoms with E-state index in [1.54, 1.807) is 36.7 Å². The van der Waals surface area contributed by atoms with Crippen LogP contribution < -0.4 is 4.31 Å². The lowest BCUT2D eigenvalue weighted by Gasteiger charge is -2.24. The van der Waals surface area contributed by atoms with Crippen LogP contribution in [0, 0.1) is 0 Å². The highest BCUT2D eigenvalue weighted by atomic mass is 32.3. The molecule has 4 heterocycles. The van der Waals surface area contributed by atoms with Crippen molar-refractivity contribution >= 4 is 38.3 Å². The number of fused-ring (bicyclic) bond motifs is 1. The Morgan fingerprint density at radius 3 is 2.66 bits per heavy atom. The summed E-state index contributed by atoms with van der Waals surface area (Å²) in [4.78, 5) is 15.8. The number of carboxylic acids is 1. The van der Waals surface area contributed by atoms with Crippen LogP contribution in [-0.4, -0.2) is 45.4 Å². The second-order valence-corrected chi connectivity index (χ2v) is 12.7. The molecule has 1 N–H and O–H groups in total. The molecule has 2 aliphatic heterocycles. The van der Waals surface area contributed by atoms with Gasteiger partial charge in [0.15, 0.2) is 0 Å². The van der Waals surface area contributed by atoms with Crippen molar-refractivity contribution in [1.82, 2.24) is 14.8 Å². The van der Waals surface area contributed by atoms with Gasteiger partial charge in [0.1, 0.15) is 10.3 Å². The van der Waals surface area contributed by atoms with Gasteiger partial charge >= 0.3 is 12.1 Å². The number of carbonyl (C=O) groups is 1. The van der Waals surface area contributed by atoms with Crippen LogP contribution in [0.1, 0.15) is 42.1 Å². The van der Waals surface area contributed by atoms with Crippen LogP contribution in [-0.2, 0) is 28.0 Å². The number of nitrogens with zero attached hydrogens (tertiary/aromatic N) is 4. The van der Waals surface area contributed by atoms with Crippen molar-refractivity contribution in [3.63, 3.8) is 0 Å². The maximum absolute atomic E-state index is 13.8. The van der Waals surface area contributed by atoms with E-state index in [0.717, 1.165) is 39.2 Å². The summed E-state index contributed by atoms with van der Waals surface area (Å²) in [6.45, 7) is 0.0929. The van der Waals surface area contributed by atoms with Gasteiger partial charge in [-0.15, -0.1) is 11.8 Å². The van der Waals surface area contributed by atoms with Gasteiger partial charge in [0.05, 0.1) is 11.4 Å². The zero-order valence-corrected chi connectivity index (χ0v) is 21.7. The summed E-state index contributed by atoms with van der Waals surface area (Å²) in [7, 11) is -2.75. The van der Waals surface area contributed by atoms with Gasteiger partial charge in [0.2, 0.25) is 10.0 Å². The third kappa shape index (κ3) is 4.92. The molecule has 1 aromatic carbocycles. The second kappa shape index (κ2) is 9.77. The molecular weight excluding hydrogens is 541 g/mol. The minimum atomic E-state index is -4.58. The maximum Gasteiger partial charge on any atom is 0.433 e. The first-order valence-corrected chi connectivity index (χ1v) is 14.1. The van der Waals surface area contributed by atoms with Gasteiger partial charge in [-0.05, 0) is 53.8 Å². The number of anilines is 1. The number of allylic oxidation sites excluding steroid dienone is 1. The van der Waals surface area contributed by atoms with E-state index in [1.165, 1.54) is 11.4 Å². The van der Waals surface area contributed by atoms with Crippen molar-refractivity contribution in [2.45, 2.75) is 35.9 Å². The average Bonchev–Trinajstić information content (AvgIpc) is 3.60. The number of halogens is 3. The van der Waals surface area contributed by atoms with Crippen molar-refractivity contribution in [3.05, 3.63) is 71.8 Å². The number of aromatic nitrogens is 3. The molecule has 0 fully saturated rings. The fourth-order valence-electron chi connectivity index (χ4n) is 4.79. The molecule has 3 aromatic rings. The molecule has 200 valence electrons. The second-order valence-electron chi connectivity index (χ2n) is 9.11. The number of aliphatic carboxylic acids is 1. The Bertz CT molecular complexity index is 1520. The molecule has 5 rings (SSSR count). The summed E-state index contributed by atoms with van der Waals surface area (Å²) in [5.74, 6) is -1.29. The van der Waals surface area contributed by atoms with Crippen LogP contribution in [0.5, 0.6) is 0 Å². The number of benzene rings is 1.